The van der Waals surface area contributed by atoms with Crippen molar-refractivity contribution in [1.29, 1.82) is 0 Å². The van der Waals surface area contributed by atoms with Crippen molar-refractivity contribution >= 4 is 5.78 Å². The highest BCUT2D eigenvalue weighted by Gasteiger charge is 2.12. The van der Waals surface area contributed by atoms with E-state index >= 15 is 0 Å². The minimum Gasteiger partial charge on any atom is -0.294 e. The Bertz CT molecular complexity index is 560. The highest BCUT2D eigenvalue weighted by molar-refractivity contribution is 5.98. The molecule has 0 atom stereocenters. The van der Waals surface area contributed by atoms with Gasteiger partial charge in [-0.25, -0.2) is 4.39 Å². The van der Waals surface area contributed by atoms with Gasteiger partial charge in [0.1, 0.15) is 5.82 Å². The van der Waals surface area contributed by atoms with Crippen LogP contribution in [-0.4, -0.2) is 15.6 Å². The van der Waals surface area contributed by atoms with Crippen LogP contribution in [0.4, 0.5) is 4.39 Å². The van der Waals surface area contributed by atoms with Crippen molar-refractivity contribution < 1.29 is 9.18 Å². The topological polar surface area (TPSA) is 34.9 Å². The molecule has 4 heteroatoms. The van der Waals surface area contributed by atoms with Crippen molar-refractivity contribution in [3.05, 3.63) is 53.1 Å². The fourth-order valence-corrected chi connectivity index (χ4v) is 1.71. The van der Waals surface area contributed by atoms with E-state index in [0.717, 1.165) is 5.56 Å². The second kappa shape index (κ2) is 4.49. The maximum atomic E-state index is 13.1. The summed E-state index contributed by atoms with van der Waals surface area (Å²) in [5, 5.41) is 4.13. The van der Waals surface area contributed by atoms with Crippen LogP contribution < -0.4 is 0 Å². The van der Waals surface area contributed by atoms with Crippen LogP contribution >= 0.6 is 0 Å². The molecule has 0 unspecified atom stereocenters. The lowest BCUT2D eigenvalue weighted by molar-refractivity contribution is 0.0991. The number of Topliss-reactive ketones (excluding diaryl/α,β-unsaturated/α-hetero) is 1. The summed E-state index contributed by atoms with van der Waals surface area (Å²) < 4.78 is 14.7. The molecule has 0 aliphatic heterocycles. The van der Waals surface area contributed by atoms with E-state index in [1.165, 1.54) is 12.1 Å². The number of halogens is 1. The highest BCUT2D eigenvalue weighted by atomic mass is 19.1. The van der Waals surface area contributed by atoms with E-state index in [1.54, 1.807) is 37.0 Å². The standard InChI is InChI=1S/C13H13FN2O/c1-9-3-4-10(14)7-12(9)13(17)8-11-5-6-16(2)15-11/h3-7H,8H2,1-2H3. The van der Waals surface area contributed by atoms with Crippen molar-refractivity contribution in [2.45, 2.75) is 13.3 Å². The SMILES string of the molecule is Cc1ccc(F)cc1C(=O)Cc1ccn(C)n1. The molecule has 0 saturated heterocycles. The van der Waals surface area contributed by atoms with E-state index in [4.69, 9.17) is 0 Å². The summed E-state index contributed by atoms with van der Waals surface area (Å²) in [5.41, 5.74) is 1.91. The molecular formula is C13H13FN2O. The zero-order chi connectivity index (χ0) is 12.4. The molecule has 2 aromatic rings. The van der Waals surface area contributed by atoms with Gasteiger partial charge < -0.3 is 0 Å². The Labute approximate surface area is 98.9 Å². The number of aromatic nitrogens is 2. The lowest BCUT2D eigenvalue weighted by Crippen LogP contribution is -2.07. The Morgan fingerprint density at radius 1 is 1.41 bits per heavy atom. The zero-order valence-electron chi connectivity index (χ0n) is 9.77. The Kier molecular flexibility index (Phi) is 3.04. The third-order valence-electron chi connectivity index (χ3n) is 2.61. The first kappa shape index (κ1) is 11.5. The number of carbonyl (C=O) groups is 1. The van der Waals surface area contributed by atoms with Gasteiger partial charge in [-0.05, 0) is 30.7 Å². The van der Waals surface area contributed by atoms with Crippen molar-refractivity contribution in [1.82, 2.24) is 9.78 Å². The lowest BCUT2D eigenvalue weighted by Gasteiger charge is -2.03. The first-order valence-corrected chi connectivity index (χ1v) is 5.34. The Balaban J connectivity index is 2.22. The maximum absolute atomic E-state index is 13.1. The summed E-state index contributed by atoms with van der Waals surface area (Å²) in [6.07, 6.45) is 1.98. The second-order valence-electron chi connectivity index (χ2n) is 4.04. The van der Waals surface area contributed by atoms with Gasteiger partial charge in [-0.15, -0.1) is 0 Å². The molecule has 0 fully saturated rings. The van der Waals surface area contributed by atoms with E-state index in [-0.39, 0.29) is 18.0 Å². The summed E-state index contributed by atoms with van der Waals surface area (Å²) in [6.45, 7) is 1.80. The number of ketones is 1. The molecule has 1 heterocycles. The Morgan fingerprint density at radius 3 is 2.82 bits per heavy atom. The summed E-state index contributed by atoms with van der Waals surface area (Å²) >= 11 is 0. The molecule has 3 nitrogen and oxygen atoms in total. The van der Waals surface area contributed by atoms with E-state index in [1.807, 2.05) is 0 Å². The van der Waals surface area contributed by atoms with Gasteiger partial charge in [0.25, 0.3) is 0 Å². The maximum Gasteiger partial charge on any atom is 0.169 e. The van der Waals surface area contributed by atoms with E-state index in [2.05, 4.69) is 5.10 Å². The molecule has 0 bridgehead atoms. The molecule has 0 radical (unpaired) electrons. The van der Waals surface area contributed by atoms with E-state index in [0.29, 0.717) is 11.3 Å². The molecule has 88 valence electrons. The summed E-state index contributed by atoms with van der Waals surface area (Å²) in [4.78, 5) is 12.0. The average Bonchev–Trinajstić information content (AvgIpc) is 2.67. The number of rotatable bonds is 3. The van der Waals surface area contributed by atoms with Crippen LogP contribution in [-0.2, 0) is 13.5 Å². The minimum absolute atomic E-state index is 0.110. The molecule has 1 aromatic carbocycles. The largest absolute Gasteiger partial charge is 0.294 e. The second-order valence-corrected chi connectivity index (χ2v) is 4.04. The number of nitrogens with zero attached hydrogens (tertiary/aromatic N) is 2. The molecule has 0 spiro atoms. The minimum atomic E-state index is -0.389. The van der Waals surface area contributed by atoms with Gasteiger partial charge >= 0.3 is 0 Å². The van der Waals surface area contributed by atoms with Gasteiger partial charge in [0, 0.05) is 18.8 Å². The number of aryl methyl sites for hydroxylation is 2. The predicted molar refractivity (Wildman–Crippen MR) is 62.4 cm³/mol. The van der Waals surface area contributed by atoms with Crippen molar-refractivity contribution in [3.8, 4) is 0 Å². The fourth-order valence-electron chi connectivity index (χ4n) is 1.71. The predicted octanol–water partition coefficient (Wildman–Crippen LogP) is 2.29. The zero-order valence-corrected chi connectivity index (χ0v) is 9.77. The smallest absolute Gasteiger partial charge is 0.169 e. The van der Waals surface area contributed by atoms with Crippen molar-refractivity contribution in [2.75, 3.05) is 0 Å². The van der Waals surface area contributed by atoms with Gasteiger partial charge in [0.15, 0.2) is 5.78 Å². The molecule has 0 saturated carbocycles. The third-order valence-corrected chi connectivity index (χ3v) is 2.61. The summed E-state index contributed by atoms with van der Waals surface area (Å²) in [5.74, 6) is -0.499. The van der Waals surface area contributed by atoms with Gasteiger partial charge in [0.2, 0.25) is 0 Å². The molecular weight excluding hydrogens is 219 g/mol. The molecule has 0 N–H and O–H groups in total. The monoisotopic (exact) mass is 232 g/mol. The normalized spacial score (nSPS) is 10.5. The molecule has 0 aliphatic carbocycles. The quantitative estimate of drug-likeness (QED) is 0.761. The van der Waals surface area contributed by atoms with Gasteiger partial charge in [-0.2, -0.15) is 5.10 Å². The molecule has 0 aliphatic rings. The van der Waals surface area contributed by atoms with Crippen molar-refractivity contribution in [3.63, 3.8) is 0 Å². The van der Waals surface area contributed by atoms with E-state index in [9.17, 15) is 9.18 Å². The molecule has 2 rings (SSSR count). The number of hydrogen-bond acceptors (Lipinski definition) is 2. The summed E-state index contributed by atoms with van der Waals surface area (Å²) in [6, 6.07) is 6.03. The fraction of sp³-hybridized carbons (Fsp3) is 0.231. The van der Waals surface area contributed by atoms with Crippen molar-refractivity contribution in [2.24, 2.45) is 7.05 Å². The highest BCUT2D eigenvalue weighted by Crippen LogP contribution is 2.13. The van der Waals surface area contributed by atoms with Gasteiger partial charge in [-0.1, -0.05) is 6.07 Å². The van der Waals surface area contributed by atoms with Crippen LogP contribution in [0.25, 0.3) is 0 Å². The number of benzene rings is 1. The van der Waals surface area contributed by atoms with Crippen LogP contribution in [0.5, 0.6) is 0 Å². The Morgan fingerprint density at radius 2 is 2.18 bits per heavy atom. The molecule has 0 amide bonds. The lowest BCUT2D eigenvalue weighted by atomic mass is 10.0. The molecule has 1 aromatic heterocycles. The first-order valence-electron chi connectivity index (χ1n) is 5.34. The van der Waals surface area contributed by atoms with Crippen LogP contribution in [0.2, 0.25) is 0 Å². The van der Waals surface area contributed by atoms with Crippen LogP contribution in [0.1, 0.15) is 21.6 Å². The Hall–Kier alpha value is -1.97. The average molecular weight is 232 g/mol. The van der Waals surface area contributed by atoms with Gasteiger partial charge in [-0.3, -0.25) is 9.48 Å². The third kappa shape index (κ3) is 2.58. The van der Waals surface area contributed by atoms with Gasteiger partial charge in [0.05, 0.1) is 12.1 Å². The number of hydrogen-bond donors (Lipinski definition) is 0. The van der Waals surface area contributed by atoms with Crippen LogP contribution in [0.3, 0.4) is 0 Å². The van der Waals surface area contributed by atoms with Crippen LogP contribution in [0.15, 0.2) is 30.5 Å². The van der Waals surface area contributed by atoms with E-state index < -0.39 is 0 Å². The van der Waals surface area contributed by atoms with Crippen LogP contribution in [0, 0.1) is 12.7 Å². The summed E-state index contributed by atoms with van der Waals surface area (Å²) in [7, 11) is 1.79. The number of carbonyl (C=O) groups excluding carboxylic acids is 1. The molecule has 17 heavy (non-hydrogen) atoms. The first-order chi connectivity index (χ1) is 8.06.